The minimum atomic E-state index is 0.930. The molecule has 1 rings (SSSR count). The molecule has 0 heterocycles. The molecule has 0 N–H and O–H groups in total. The van der Waals surface area contributed by atoms with Crippen molar-refractivity contribution in [3.05, 3.63) is 42.5 Å². The van der Waals surface area contributed by atoms with Crippen LogP contribution in [0.2, 0.25) is 0 Å². The van der Waals surface area contributed by atoms with E-state index in [2.05, 4.69) is 22.9 Å². The van der Waals surface area contributed by atoms with Crippen LogP contribution in [0.25, 0.3) is 0 Å². The van der Waals surface area contributed by atoms with Gasteiger partial charge in [0.05, 0.1) is 10.2 Å². The topological polar surface area (TPSA) is 0 Å². The van der Waals surface area contributed by atoms with E-state index in [0.717, 1.165) is 11.6 Å². The highest BCUT2D eigenvalue weighted by Crippen LogP contribution is 1.95. The van der Waals surface area contributed by atoms with Crippen LogP contribution < -0.4 is 5.19 Å². The maximum Gasteiger partial charge on any atom is 0.0715 e. The number of rotatable bonds is 2. The fourth-order valence-corrected chi connectivity index (χ4v) is 1.14. The second kappa shape index (κ2) is 3.37. The Labute approximate surface area is 65.0 Å². The third-order valence-electron chi connectivity index (χ3n) is 1.38. The average molecular weight is 145 g/mol. The van der Waals surface area contributed by atoms with Gasteiger partial charge in [-0.3, -0.25) is 0 Å². The predicted octanol–water partition coefficient (Wildman–Crippen LogP) is 1.21. The van der Waals surface area contributed by atoms with Crippen molar-refractivity contribution in [2.75, 3.05) is 0 Å². The molecule has 0 unspecified atom stereocenters. The molecule has 0 spiro atoms. The first kappa shape index (κ1) is 7.29. The summed E-state index contributed by atoms with van der Waals surface area (Å²) in [6, 6.07) is 8.16. The van der Waals surface area contributed by atoms with Crippen LogP contribution in [0.1, 0.15) is 5.56 Å². The van der Waals surface area contributed by atoms with E-state index in [9.17, 15) is 0 Å². The molecule has 0 aliphatic heterocycles. The Morgan fingerprint density at radius 2 is 2.10 bits per heavy atom. The molecule has 0 fully saturated rings. The lowest BCUT2D eigenvalue weighted by Crippen LogP contribution is -2.07. The maximum absolute atomic E-state index is 3.68. The molecule has 0 atom stereocenters. The zero-order valence-corrected chi connectivity index (χ0v) is 6.80. The number of allylic oxidation sites excluding steroid dienone is 1. The van der Waals surface area contributed by atoms with Crippen molar-refractivity contribution < 1.29 is 0 Å². The summed E-state index contributed by atoms with van der Waals surface area (Å²) in [6.07, 6.45) is 2.83. The number of hydrogen-bond acceptors (Lipinski definition) is 0. The Bertz CT molecular complexity index is 228. The van der Waals surface area contributed by atoms with Crippen molar-refractivity contribution in [2.45, 2.75) is 6.42 Å². The van der Waals surface area contributed by atoms with Gasteiger partial charge in [-0.05, 0) is 12.0 Å². The average Bonchev–Trinajstić information content (AvgIpc) is 1.94. The number of hydrogen-bond donors (Lipinski definition) is 0. The predicted molar refractivity (Wildman–Crippen MR) is 45.7 cm³/mol. The fraction of sp³-hybridized carbons (Fsp3) is 0.111. The van der Waals surface area contributed by atoms with Gasteiger partial charge in [-0.15, -0.1) is 6.58 Å². The Balaban J connectivity index is 2.91. The van der Waals surface area contributed by atoms with Gasteiger partial charge in [0.25, 0.3) is 0 Å². The summed E-state index contributed by atoms with van der Waals surface area (Å²) in [5.41, 5.74) is 1.29. The van der Waals surface area contributed by atoms with Crippen molar-refractivity contribution in [2.24, 2.45) is 0 Å². The minimum Gasteiger partial charge on any atom is -0.103 e. The molecular weight excluding hydrogens is 136 g/mol. The summed E-state index contributed by atoms with van der Waals surface area (Å²) in [5.74, 6) is 0. The van der Waals surface area contributed by atoms with E-state index in [1.54, 1.807) is 0 Å². The summed E-state index contributed by atoms with van der Waals surface area (Å²) in [6.45, 7) is 3.68. The normalized spacial score (nSPS) is 9.30. The molecule has 0 nitrogen and oxygen atoms in total. The molecule has 0 aliphatic rings. The lowest BCUT2D eigenvalue weighted by atomic mass is 10.1. The van der Waals surface area contributed by atoms with Gasteiger partial charge in [-0.25, -0.2) is 0 Å². The van der Waals surface area contributed by atoms with E-state index in [1.165, 1.54) is 5.56 Å². The van der Waals surface area contributed by atoms with E-state index in [-0.39, 0.29) is 0 Å². The molecule has 1 aromatic carbocycles. The molecule has 3 radical (unpaired) electrons. The monoisotopic (exact) mass is 145 g/mol. The standard InChI is InChI=1S/C9H9Si/c1-2-5-8-6-3-4-7-9(8)10/h2-4,6-7H,1,5H2. The van der Waals surface area contributed by atoms with Crippen LogP contribution in [0.3, 0.4) is 0 Å². The van der Waals surface area contributed by atoms with E-state index < -0.39 is 0 Å². The lowest BCUT2D eigenvalue weighted by Gasteiger charge is -1.99. The van der Waals surface area contributed by atoms with E-state index in [4.69, 9.17) is 0 Å². The highest BCUT2D eigenvalue weighted by Gasteiger charge is 1.91. The highest BCUT2D eigenvalue weighted by molar-refractivity contribution is 6.33. The molecule has 0 saturated carbocycles. The summed E-state index contributed by atoms with van der Waals surface area (Å²) in [5, 5.41) is 1.16. The van der Waals surface area contributed by atoms with Crippen LogP contribution in [-0.4, -0.2) is 10.2 Å². The minimum absolute atomic E-state index is 0.930. The zero-order valence-electron chi connectivity index (χ0n) is 5.80. The molecule has 1 aromatic rings. The van der Waals surface area contributed by atoms with E-state index >= 15 is 0 Å². The molecule has 0 saturated heterocycles. The maximum atomic E-state index is 3.68. The third-order valence-corrected chi connectivity index (χ3v) is 1.87. The zero-order chi connectivity index (χ0) is 7.40. The highest BCUT2D eigenvalue weighted by atomic mass is 28.1. The molecular formula is C9H9Si. The molecule has 1 heteroatoms. The first-order chi connectivity index (χ1) is 4.84. The van der Waals surface area contributed by atoms with Crippen molar-refractivity contribution in [1.29, 1.82) is 0 Å². The van der Waals surface area contributed by atoms with Crippen molar-refractivity contribution in [1.82, 2.24) is 0 Å². The molecule has 0 amide bonds. The van der Waals surface area contributed by atoms with Gasteiger partial charge in [-0.2, -0.15) is 0 Å². The van der Waals surface area contributed by atoms with Crippen molar-refractivity contribution in [3.63, 3.8) is 0 Å². The van der Waals surface area contributed by atoms with Gasteiger partial charge < -0.3 is 0 Å². The Hall–Kier alpha value is -0.823. The molecule has 10 heavy (non-hydrogen) atoms. The third kappa shape index (κ3) is 1.58. The van der Waals surface area contributed by atoms with Crippen LogP contribution in [-0.2, 0) is 6.42 Å². The van der Waals surface area contributed by atoms with Crippen LogP contribution in [0.5, 0.6) is 0 Å². The van der Waals surface area contributed by atoms with Crippen LogP contribution in [0.15, 0.2) is 36.9 Å². The molecule has 49 valence electrons. The first-order valence-electron chi connectivity index (χ1n) is 3.25. The quantitative estimate of drug-likeness (QED) is 0.433. The van der Waals surface area contributed by atoms with Gasteiger partial charge in [0.2, 0.25) is 0 Å². The second-order valence-corrected chi connectivity index (χ2v) is 2.69. The van der Waals surface area contributed by atoms with Crippen LogP contribution in [0, 0.1) is 0 Å². The summed E-state index contributed by atoms with van der Waals surface area (Å²) < 4.78 is 0. The van der Waals surface area contributed by atoms with Gasteiger partial charge in [0.1, 0.15) is 0 Å². The van der Waals surface area contributed by atoms with E-state index in [0.29, 0.717) is 0 Å². The van der Waals surface area contributed by atoms with Gasteiger partial charge in [0.15, 0.2) is 0 Å². The Kier molecular flexibility index (Phi) is 2.46. The second-order valence-electron chi connectivity index (χ2n) is 2.15. The SMILES string of the molecule is C=CCc1ccccc1[Si]. The Morgan fingerprint density at radius 3 is 2.70 bits per heavy atom. The van der Waals surface area contributed by atoms with Gasteiger partial charge >= 0.3 is 0 Å². The summed E-state index contributed by atoms with van der Waals surface area (Å²) in [4.78, 5) is 0. The van der Waals surface area contributed by atoms with Gasteiger partial charge in [0, 0.05) is 0 Å². The molecule has 0 aromatic heterocycles. The number of benzene rings is 1. The smallest absolute Gasteiger partial charge is 0.0715 e. The van der Waals surface area contributed by atoms with Crippen LogP contribution in [0.4, 0.5) is 0 Å². The largest absolute Gasteiger partial charge is 0.103 e. The van der Waals surface area contributed by atoms with Gasteiger partial charge in [-0.1, -0.05) is 35.5 Å². The van der Waals surface area contributed by atoms with Crippen molar-refractivity contribution in [3.8, 4) is 0 Å². The lowest BCUT2D eigenvalue weighted by molar-refractivity contribution is 1.30. The van der Waals surface area contributed by atoms with Crippen LogP contribution >= 0.6 is 0 Å². The summed E-state index contributed by atoms with van der Waals surface area (Å²) >= 11 is 0. The summed E-state index contributed by atoms with van der Waals surface area (Å²) in [7, 11) is 3.50. The van der Waals surface area contributed by atoms with Crippen molar-refractivity contribution >= 4 is 15.4 Å². The first-order valence-corrected chi connectivity index (χ1v) is 3.75. The Morgan fingerprint density at radius 1 is 1.40 bits per heavy atom. The molecule has 0 bridgehead atoms. The fourth-order valence-electron chi connectivity index (χ4n) is 0.854. The van der Waals surface area contributed by atoms with E-state index in [1.807, 2.05) is 24.3 Å². The molecule has 0 aliphatic carbocycles.